The second kappa shape index (κ2) is 7.47. The molecule has 1 aromatic carbocycles. The minimum atomic E-state index is -0.822. The first kappa shape index (κ1) is 17.6. The molecule has 0 radical (unpaired) electrons. The second-order valence-electron chi connectivity index (χ2n) is 7.16. The summed E-state index contributed by atoms with van der Waals surface area (Å²) in [6.07, 6.45) is 5.03. The van der Waals surface area contributed by atoms with Crippen molar-refractivity contribution in [1.82, 2.24) is 20.2 Å². The maximum Gasteiger partial charge on any atom is 0.138 e. The average Bonchev–Trinajstić information content (AvgIpc) is 3.44. The molecule has 4 heterocycles. The number of pyridine rings is 2. The van der Waals surface area contributed by atoms with Gasteiger partial charge in [-0.2, -0.15) is 5.10 Å². The van der Waals surface area contributed by atoms with Gasteiger partial charge in [-0.15, -0.1) is 0 Å². The maximum atomic E-state index is 13.9. The number of anilines is 1. The van der Waals surface area contributed by atoms with Gasteiger partial charge in [-0.25, -0.2) is 9.37 Å². The van der Waals surface area contributed by atoms with E-state index < -0.39 is 6.17 Å². The number of aromatic nitrogens is 4. The molecule has 5 nitrogen and oxygen atoms in total. The molecular weight excluding hydrogens is 365 g/mol. The predicted molar refractivity (Wildman–Crippen MR) is 112 cm³/mol. The lowest BCUT2D eigenvalue weighted by atomic mass is 9.98. The molecule has 1 fully saturated rings. The van der Waals surface area contributed by atoms with E-state index in [1.807, 2.05) is 47.4 Å². The second-order valence-corrected chi connectivity index (χ2v) is 7.16. The van der Waals surface area contributed by atoms with Crippen molar-refractivity contribution in [2.45, 2.75) is 12.6 Å². The van der Waals surface area contributed by atoms with Crippen LogP contribution in [-0.4, -0.2) is 39.4 Å². The number of halogens is 1. The summed E-state index contributed by atoms with van der Waals surface area (Å²) in [5.41, 5.74) is 5.67. The van der Waals surface area contributed by atoms with Crippen molar-refractivity contribution in [3.63, 3.8) is 0 Å². The van der Waals surface area contributed by atoms with Crippen LogP contribution in [-0.2, 0) is 0 Å². The van der Waals surface area contributed by atoms with Crippen molar-refractivity contribution >= 4 is 5.82 Å². The van der Waals surface area contributed by atoms with E-state index in [1.54, 1.807) is 18.6 Å². The van der Waals surface area contributed by atoms with Crippen molar-refractivity contribution in [1.29, 1.82) is 0 Å². The minimum absolute atomic E-state index is 0.363. The zero-order chi connectivity index (χ0) is 19.6. The molecule has 1 atom stereocenters. The van der Waals surface area contributed by atoms with E-state index in [9.17, 15) is 4.39 Å². The van der Waals surface area contributed by atoms with E-state index in [2.05, 4.69) is 32.3 Å². The number of alkyl halides is 1. The molecule has 0 unspecified atom stereocenters. The van der Waals surface area contributed by atoms with Crippen LogP contribution in [0.15, 0.2) is 73.2 Å². The highest BCUT2D eigenvalue weighted by atomic mass is 19.1. The van der Waals surface area contributed by atoms with Crippen LogP contribution in [0.25, 0.3) is 33.6 Å². The zero-order valence-electron chi connectivity index (χ0n) is 15.8. The Morgan fingerprint density at radius 1 is 1.00 bits per heavy atom. The smallest absolute Gasteiger partial charge is 0.138 e. The van der Waals surface area contributed by atoms with Crippen molar-refractivity contribution in [3.05, 3.63) is 73.2 Å². The van der Waals surface area contributed by atoms with Crippen LogP contribution in [0, 0.1) is 0 Å². The highest BCUT2D eigenvalue weighted by Gasteiger charge is 2.27. The topological polar surface area (TPSA) is 57.7 Å². The van der Waals surface area contributed by atoms with Crippen LogP contribution in [0.3, 0.4) is 0 Å². The van der Waals surface area contributed by atoms with Gasteiger partial charge in [0.2, 0.25) is 0 Å². The van der Waals surface area contributed by atoms with Gasteiger partial charge in [0.25, 0.3) is 0 Å². The van der Waals surface area contributed by atoms with Crippen molar-refractivity contribution in [2.75, 3.05) is 18.0 Å². The maximum absolute atomic E-state index is 13.9. The summed E-state index contributed by atoms with van der Waals surface area (Å²) in [7, 11) is 0. The molecule has 0 spiro atoms. The largest absolute Gasteiger partial charge is 0.353 e. The van der Waals surface area contributed by atoms with Crippen molar-refractivity contribution < 1.29 is 4.39 Å². The third-order valence-electron chi connectivity index (χ3n) is 5.25. The first-order valence-corrected chi connectivity index (χ1v) is 9.69. The summed E-state index contributed by atoms with van der Waals surface area (Å²) < 4.78 is 13.9. The van der Waals surface area contributed by atoms with Crippen molar-refractivity contribution in [2.24, 2.45) is 0 Å². The SMILES string of the molecule is F[C@H]1CCN(c2nccc(-c3ccccc3)c2-c2cc(-c3cccnc3)n[nH]2)C1. The monoisotopic (exact) mass is 385 g/mol. The average molecular weight is 385 g/mol. The Bertz CT molecular complexity index is 1110. The van der Waals surface area contributed by atoms with Crippen LogP contribution < -0.4 is 4.90 Å². The van der Waals surface area contributed by atoms with Gasteiger partial charge in [0.1, 0.15) is 12.0 Å². The Morgan fingerprint density at radius 3 is 2.62 bits per heavy atom. The fourth-order valence-corrected chi connectivity index (χ4v) is 3.84. The molecule has 0 saturated carbocycles. The molecule has 0 bridgehead atoms. The zero-order valence-corrected chi connectivity index (χ0v) is 15.8. The van der Waals surface area contributed by atoms with E-state index in [0.717, 1.165) is 39.5 Å². The first-order chi connectivity index (χ1) is 14.3. The van der Waals surface area contributed by atoms with Gasteiger partial charge in [0.15, 0.2) is 0 Å². The molecule has 4 aromatic rings. The molecule has 3 aromatic heterocycles. The van der Waals surface area contributed by atoms with Gasteiger partial charge in [-0.1, -0.05) is 30.3 Å². The molecule has 0 amide bonds. The normalized spacial score (nSPS) is 16.3. The third-order valence-corrected chi connectivity index (χ3v) is 5.25. The Labute approximate surface area is 168 Å². The van der Waals surface area contributed by atoms with Gasteiger partial charge in [0, 0.05) is 30.7 Å². The van der Waals surface area contributed by atoms with Crippen LogP contribution >= 0.6 is 0 Å². The number of hydrogen-bond donors (Lipinski definition) is 1. The lowest BCUT2D eigenvalue weighted by Gasteiger charge is -2.21. The first-order valence-electron chi connectivity index (χ1n) is 9.69. The van der Waals surface area contributed by atoms with Gasteiger partial charge >= 0.3 is 0 Å². The summed E-state index contributed by atoms with van der Waals surface area (Å²) in [5.74, 6) is 0.785. The third kappa shape index (κ3) is 3.38. The predicted octanol–water partition coefficient (Wildman–Crippen LogP) is 4.75. The Balaban J connectivity index is 1.67. The standard InChI is InChI=1S/C23H20FN5/c24-18-9-12-29(15-18)23-22(19(8-11-26-23)16-5-2-1-3-6-16)21-13-20(27-28-21)17-7-4-10-25-14-17/h1-8,10-11,13-14,18H,9,12,15H2,(H,27,28)/t18-/m0/s1. The van der Waals surface area contributed by atoms with E-state index in [-0.39, 0.29) is 0 Å². The van der Waals surface area contributed by atoms with Crippen LogP contribution in [0.2, 0.25) is 0 Å². The van der Waals surface area contributed by atoms with E-state index in [0.29, 0.717) is 19.5 Å². The van der Waals surface area contributed by atoms with E-state index in [1.165, 1.54) is 0 Å². The lowest BCUT2D eigenvalue weighted by Crippen LogP contribution is -2.22. The number of aromatic amines is 1. The van der Waals surface area contributed by atoms with Crippen LogP contribution in [0.4, 0.5) is 10.2 Å². The fourth-order valence-electron chi connectivity index (χ4n) is 3.84. The highest BCUT2D eigenvalue weighted by molar-refractivity contribution is 5.90. The highest BCUT2D eigenvalue weighted by Crippen LogP contribution is 2.39. The Hall–Kier alpha value is -3.54. The molecule has 144 valence electrons. The Kier molecular flexibility index (Phi) is 4.52. The summed E-state index contributed by atoms with van der Waals surface area (Å²) >= 11 is 0. The quantitative estimate of drug-likeness (QED) is 0.551. The van der Waals surface area contributed by atoms with Gasteiger partial charge in [-0.05, 0) is 41.8 Å². The number of nitrogens with one attached hydrogen (secondary N) is 1. The summed E-state index contributed by atoms with van der Waals surface area (Å²) in [5, 5.41) is 7.66. The molecule has 0 aliphatic carbocycles. The van der Waals surface area contributed by atoms with Crippen molar-refractivity contribution in [3.8, 4) is 33.6 Å². The Morgan fingerprint density at radius 2 is 1.86 bits per heavy atom. The van der Waals surface area contributed by atoms with Gasteiger partial charge < -0.3 is 4.90 Å². The molecule has 1 saturated heterocycles. The van der Waals surface area contributed by atoms with E-state index >= 15 is 0 Å². The van der Waals surface area contributed by atoms with E-state index in [4.69, 9.17) is 0 Å². The number of hydrogen-bond acceptors (Lipinski definition) is 4. The van der Waals surface area contributed by atoms with Crippen LogP contribution in [0.1, 0.15) is 6.42 Å². The van der Waals surface area contributed by atoms with Crippen LogP contribution in [0.5, 0.6) is 0 Å². The number of benzene rings is 1. The summed E-state index contributed by atoms with van der Waals surface area (Å²) in [6.45, 7) is 1.02. The summed E-state index contributed by atoms with van der Waals surface area (Å²) in [6, 6.07) is 18.0. The molecule has 6 heteroatoms. The molecule has 1 N–H and O–H groups in total. The fraction of sp³-hybridized carbons (Fsp3) is 0.174. The molecule has 29 heavy (non-hydrogen) atoms. The summed E-state index contributed by atoms with van der Waals surface area (Å²) in [4.78, 5) is 10.8. The molecule has 5 rings (SSSR count). The number of nitrogens with zero attached hydrogens (tertiary/aromatic N) is 4. The number of rotatable bonds is 4. The molecule has 1 aliphatic rings. The van der Waals surface area contributed by atoms with Gasteiger partial charge in [-0.3, -0.25) is 10.1 Å². The van der Waals surface area contributed by atoms with Gasteiger partial charge in [0.05, 0.1) is 23.5 Å². The number of H-pyrrole nitrogens is 1. The minimum Gasteiger partial charge on any atom is -0.353 e. The molecule has 1 aliphatic heterocycles. The lowest BCUT2D eigenvalue weighted by molar-refractivity contribution is 0.364. The molecular formula is C23H20FN5.